The molecule has 0 N–H and O–H groups in total. The topological polar surface area (TPSA) is 60.9 Å². The number of halogens is 1. The molecule has 0 spiro atoms. The second-order valence-corrected chi connectivity index (χ2v) is 6.64. The number of amides is 3. The molecule has 1 heterocycles. The summed E-state index contributed by atoms with van der Waals surface area (Å²) in [7, 11) is 0. The quantitative estimate of drug-likeness (QED) is 0.793. The molecule has 0 bridgehead atoms. The summed E-state index contributed by atoms with van der Waals surface area (Å²) in [4.78, 5) is 40.7. The van der Waals surface area contributed by atoms with Crippen molar-refractivity contribution in [2.24, 2.45) is 0 Å². The van der Waals surface area contributed by atoms with Crippen LogP contribution >= 0.6 is 11.6 Å². The SMILES string of the molecule is CC(=O)N1CCN(C(=O)CN(CCc2ccc(Cl)cc2)C(C)=O)CC1. The number of carbonyl (C=O) groups is 3. The van der Waals surface area contributed by atoms with Crippen molar-refractivity contribution in [1.82, 2.24) is 14.7 Å². The first kappa shape index (κ1) is 19.2. The molecule has 25 heavy (non-hydrogen) atoms. The third kappa shape index (κ3) is 5.74. The fourth-order valence-corrected chi connectivity index (χ4v) is 2.92. The molecule has 1 aromatic rings. The third-order valence-corrected chi connectivity index (χ3v) is 4.68. The van der Waals surface area contributed by atoms with Gasteiger partial charge in [-0.1, -0.05) is 23.7 Å². The zero-order valence-electron chi connectivity index (χ0n) is 14.7. The first-order valence-electron chi connectivity index (χ1n) is 8.40. The minimum absolute atomic E-state index is 0.0282. The zero-order valence-corrected chi connectivity index (χ0v) is 15.5. The van der Waals surface area contributed by atoms with Crippen LogP contribution < -0.4 is 0 Å². The van der Waals surface area contributed by atoms with Gasteiger partial charge >= 0.3 is 0 Å². The van der Waals surface area contributed by atoms with Crippen molar-refractivity contribution in [2.45, 2.75) is 20.3 Å². The maximum Gasteiger partial charge on any atom is 0.242 e. The van der Waals surface area contributed by atoms with E-state index < -0.39 is 0 Å². The van der Waals surface area contributed by atoms with E-state index in [9.17, 15) is 14.4 Å². The molecule has 3 amide bonds. The minimum Gasteiger partial charge on any atom is -0.339 e. The molecule has 0 unspecified atom stereocenters. The molecule has 0 aliphatic carbocycles. The van der Waals surface area contributed by atoms with Gasteiger partial charge in [-0.25, -0.2) is 0 Å². The van der Waals surface area contributed by atoms with Crippen LogP contribution in [-0.4, -0.2) is 71.7 Å². The summed E-state index contributed by atoms with van der Waals surface area (Å²) >= 11 is 5.87. The Kier molecular flexibility index (Phi) is 6.82. The molecule has 6 nitrogen and oxygen atoms in total. The van der Waals surface area contributed by atoms with E-state index in [1.54, 1.807) is 14.7 Å². The van der Waals surface area contributed by atoms with Crippen LogP contribution in [0.2, 0.25) is 5.02 Å². The molecule has 0 atom stereocenters. The molecule has 136 valence electrons. The normalized spacial score (nSPS) is 14.4. The third-order valence-electron chi connectivity index (χ3n) is 4.43. The van der Waals surface area contributed by atoms with E-state index in [-0.39, 0.29) is 24.3 Å². The van der Waals surface area contributed by atoms with Gasteiger partial charge in [0.2, 0.25) is 17.7 Å². The van der Waals surface area contributed by atoms with Crippen LogP contribution in [-0.2, 0) is 20.8 Å². The Morgan fingerprint density at radius 2 is 1.56 bits per heavy atom. The van der Waals surface area contributed by atoms with Crippen molar-refractivity contribution >= 4 is 29.3 Å². The van der Waals surface area contributed by atoms with Crippen molar-refractivity contribution in [3.05, 3.63) is 34.9 Å². The summed E-state index contributed by atoms with van der Waals surface area (Å²) in [6.45, 7) is 5.69. The molecule has 7 heteroatoms. The number of carbonyl (C=O) groups excluding carboxylic acids is 3. The fourth-order valence-electron chi connectivity index (χ4n) is 2.80. The van der Waals surface area contributed by atoms with Gasteiger partial charge in [0, 0.05) is 51.6 Å². The van der Waals surface area contributed by atoms with E-state index in [4.69, 9.17) is 11.6 Å². The summed E-state index contributed by atoms with van der Waals surface area (Å²) < 4.78 is 0. The van der Waals surface area contributed by atoms with E-state index in [0.717, 1.165) is 5.56 Å². The molecular formula is C18H24ClN3O3. The van der Waals surface area contributed by atoms with Gasteiger partial charge in [0.25, 0.3) is 0 Å². The number of hydrogen-bond acceptors (Lipinski definition) is 3. The fraction of sp³-hybridized carbons (Fsp3) is 0.500. The summed E-state index contributed by atoms with van der Waals surface area (Å²) in [6.07, 6.45) is 0.669. The van der Waals surface area contributed by atoms with Crippen LogP contribution in [0.5, 0.6) is 0 Å². The van der Waals surface area contributed by atoms with Gasteiger partial charge in [-0.2, -0.15) is 0 Å². The van der Waals surface area contributed by atoms with Crippen LogP contribution in [0.15, 0.2) is 24.3 Å². The van der Waals surface area contributed by atoms with Gasteiger partial charge in [0.1, 0.15) is 0 Å². The second-order valence-electron chi connectivity index (χ2n) is 6.20. The Hall–Kier alpha value is -2.08. The summed E-state index contributed by atoms with van der Waals surface area (Å²) in [5.74, 6) is -0.167. The maximum atomic E-state index is 12.5. The first-order valence-corrected chi connectivity index (χ1v) is 8.78. The highest BCUT2D eigenvalue weighted by atomic mass is 35.5. The van der Waals surface area contributed by atoms with Crippen molar-refractivity contribution in [1.29, 1.82) is 0 Å². The van der Waals surface area contributed by atoms with Crippen LogP contribution in [0.25, 0.3) is 0 Å². The number of benzene rings is 1. The van der Waals surface area contributed by atoms with Gasteiger partial charge in [0.15, 0.2) is 0 Å². The Balaban J connectivity index is 1.86. The summed E-state index contributed by atoms with van der Waals surface area (Å²) in [5, 5.41) is 0.673. The Bertz CT molecular complexity index is 625. The monoisotopic (exact) mass is 365 g/mol. The van der Waals surface area contributed by atoms with Gasteiger partial charge < -0.3 is 14.7 Å². The molecule has 0 radical (unpaired) electrons. The molecule has 1 saturated heterocycles. The van der Waals surface area contributed by atoms with Crippen molar-refractivity contribution in [3.63, 3.8) is 0 Å². The van der Waals surface area contributed by atoms with E-state index in [1.807, 2.05) is 24.3 Å². The lowest BCUT2D eigenvalue weighted by atomic mass is 10.1. The Morgan fingerprint density at radius 3 is 2.08 bits per heavy atom. The van der Waals surface area contributed by atoms with Crippen molar-refractivity contribution in [3.8, 4) is 0 Å². The van der Waals surface area contributed by atoms with Gasteiger partial charge in [0.05, 0.1) is 6.54 Å². The van der Waals surface area contributed by atoms with Gasteiger partial charge in [-0.15, -0.1) is 0 Å². The van der Waals surface area contributed by atoms with Crippen LogP contribution in [0.4, 0.5) is 0 Å². The smallest absolute Gasteiger partial charge is 0.242 e. The Morgan fingerprint density at radius 1 is 1.00 bits per heavy atom. The van der Waals surface area contributed by atoms with Gasteiger partial charge in [-0.3, -0.25) is 14.4 Å². The van der Waals surface area contributed by atoms with E-state index in [2.05, 4.69) is 0 Å². The second kappa shape index (κ2) is 8.85. The number of piperazine rings is 1. The minimum atomic E-state index is -0.121. The predicted octanol–water partition coefficient (Wildman–Crippen LogP) is 1.42. The maximum absolute atomic E-state index is 12.5. The van der Waals surface area contributed by atoms with Crippen LogP contribution in [0, 0.1) is 0 Å². The largest absolute Gasteiger partial charge is 0.339 e. The zero-order chi connectivity index (χ0) is 18.4. The van der Waals surface area contributed by atoms with Crippen molar-refractivity contribution < 1.29 is 14.4 Å². The highest BCUT2D eigenvalue weighted by Gasteiger charge is 2.24. The highest BCUT2D eigenvalue weighted by molar-refractivity contribution is 6.30. The van der Waals surface area contributed by atoms with Crippen molar-refractivity contribution in [2.75, 3.05) is 39.3 Å². The summed E-state index contributed by atoms with van der Waals surface area (Å²) in [6, 6.07) is 7.47. The van der Waals surface area contributed by atoms with E-state index in [0.29, 0.717) is 44.2 Å². The van der Waals surface area contributed by atoms with Gasteiger partial charge in [-0.05, 0) is 24.1 Å². The van der Waals surface area contributed by atoms with Crippen LogP contribution in [0.1, 0.15) is 19.4 Å². The highest BCUT2D eigenvalue weighted by Crippen LogP contribution is 2.11. The molecule has 1 aromatic carbocycles. The van der Waals surface area contributed by atoms with Crippen LogP contribution in [0.3, 0.4) is 0 Å². The Labute approximate surface area is 153 Å². The average Bonchev–Trinajstić information content (AvgIpc) is 2.59. The number of nitrogens with zero attached hydrogens (tertiary/aromatic N) is 3. The molecule has 0 aromatic heterocycles. The first-order chi connectivity index (χ1) is 11.9. The lowest BCUT2D eigenvalue weighted by Crippen LogP contribution is -2.52. The molecule has 2 rings (SSSR count). The average molecular weight is 366 g/mol. The number of hydrogen-bond donors (Lipinski definition) is 0. The molecule has 1 aliphatic rings. The molecule has 1 fully saturated rings. The lowest BCUT2D eigenvalue weighted by Gasteiger charge is -2.35. The van der Waals surface area contributed by atoms with E-state index in [1.165, 1.54) is 13.8 Å². The summed E-state index contributed by atoms with van der Waals surface area (Å²) in [5.41, 5.74) is 1.07. The number of rotatable bonds is 5. The lowest BCUT2D eigenvalue weighted by molar-refractivity contribution is -0.142. The molecule has 1 aliphatic heterocycles. The van der Waals surface area contributed by atoms with E-state index >= 15 is 0 Å². The standard InChI is InChI=1S/C18H24ClN3O3/c1-14(23)20-9-11-21(12-10-20)18(25)13-22(15(2)24)8-7-16-3-5-17(19)6-4-16/h3-6H,7-13H2,1-2H3. The molecular weight excluding hydrogens is 342 g/mol. The predicted molar refractivity (Wildman–Crippen MR) is 96.2 cm³/mol. The molecule has 0 saturated carbocycles.